The molecule has 0 unspecified atom stereocenters. The second-order valence-electron chi connectivity index (χ2n) is 7.31. The lowest BCUT2D eigenvalue weighted by atomic mass is 9.97. The number of nitrogens with zero attached hydrogens (tertiary/aromatic N) is 1. The summed E-state index contributed by atoms with van der Waals surface area (Å²) in [6.07, 6.45) is 0.829. The number of piperidine rings is 1. The first kappa shape index (κ1) is 20.3. The molecule has 1 aliphatic rings. The maximum Gasteiger partial charge on any atom is 0.323 e. The number of rotatable bonds is 5. The quantitative estimate of drug-likeness (QED) is 0.569. The molecule has 1 aromatic heterocycles. The highest BCUT2D eigenvalue weighted by atomic mass is 32.2. The topological polar surface area (TPSA) is 115 Å². The van der Waals surface area contributed by atoms with Crippen LogP contribution in [0.15, 0.2) is 52.2 Å². The largest absolute Gasteiger partial charge is 0.352 e. The molecule has 3 N–H and O–H groups in total. The third-order valence-electron chi connectivity index (χ3n) is 5.33. The maximum atomic E-state index is 13.0. The number of carbonyl (C=O) groups is 1. The highest BCUT2D eigenvalue weighted by Gasteiger charge is 2.32. The Morgan fingerprint density at radius 1 is 1.07 bits per heavy atom. The average molecular weight is 432 g/mol. The number of nitrogens with one attached hydrogen (secondary N) is 3. The standard InChI is InChI=1S/C20H21FN4O4S/c21-15-3-1-13(2-4-15)12-22-19(26)14-7-9-25(10-8-14)30(28,29)16-5-6-17-18(11-16)24-20(27)23-17/h1-6,11,14H,7-10,12H2,(H,22,26)(H2,23,24,27). The van der Waals surface area contributed by atoms with Crippen molar-refractivity contribution in [3.63, 3.8) is 0 Å². The van der Waals surface area contributed by atoms with Crippen molar-refractivity contribution in [1.82, 2.24) is 19.6 Å². The highest BCUT2D eigenvalue weighted by Crippen LogP contribution is 2.25. The number of hydrogen-bond donors (Lipinski definition) is 3. The lowest BCUT2D eigenvalue weighted by Gasteiger charge is -2.30. The van der Waals surface area contributed by atoms with Crippen LogP contribution in [0.4, 0.5) is 4.39 Å². The van der Waals surface area contributed by atoms with Gasteiger partial charge in [-0.1, -0.05) is 12.1 Å². The van der Waals surface area contributed by atoms with Crippen LogP contribution in [0.3, 0.4) is 0 Å². The van der Waals surface area contributed by atoms with Gasteiger partial charge in [0.05, 0.1) is 15.9 Å². The van der Waals surface area contributed by atoms with Crippen molar-refractivity contribution in [2.24, 2.45) is 5.92 Å². The van der Waals surface area contributed by atoms with Gasteiger partial charge in [-0.25, -0.2) is 17.6 Å². The first-order valence-corrected chi connectivity index (χ1v) is 11.0. The van der Waals surface area contributed by atoms with Crippen LogP contribution in [-0.2, 0) is 21.4 Å². The van der Waals surface area contributed by atoms with Gasteiger partial charge in [-0.3, -0.25) is 4.79 Å². The van der Waals surface area contributed by atoms with Crippen molar-refractivity contribution < 1.29 is 17.6 Å². The molecule has 0 spiro atoms. The van der Waals surface area contributed by atoms with E-state index in [-0.39, 0.29) is 35.6 Å². The molecule has 2 heterocycles. The van der Waals surface area contributed by atoms with E-state index in [4.69, 9.17) is 0 Å². The number of aromatic nitrogens is 2. The van der Waals surface area contributed by atoms with E-state index in [2.05, 4.69) is 15.3 Å². The molecule has 158 valence electrons. The number of aromatic amines is 2. The van der Waals surface area contributed by atoms with Gasteiger partial charge >= 0.3 is 5.69 Å². The Labute approximate surface area is 172 Å². The monoisotopic (exact) mass is 432 g/mol. The molecule has 1 amide bonds. The molecule has 1 saturated heterocycles. The lowest BCUT2D eigenvalue weighted by Crippen LogP contribution is -2.42. The molecule has 0 atom stereocenters. The van der Waals surface area contributed by atoms with Crippen molar-refractivity contribution in [2.75, 3.05) is 13.1 Å². The van der Waals surface area contributed by atoms with Crippen LogP contribution in [0.5, 0.6) is 0 Å². The number of benzene rings is 2. The zero-order chi connectivity index (χ0) is 21.3. The van der Waals surface area contributed by atoms with E-state index in [0.717, 1.165) is 5.56 Å². The normalized spacial score (nSPS) is 16.0. The summed E-state index contributed by atoms with van der Waals surface area (Å²) in [7, 11) is -3.72. The second-order valence-corrected chi connectivity index (χ2v) is 9.25. The van der Waals surface area contributed by atoms with Gasteiger partial charge in [-0.05, 0) is 48.7 Å². The van der Waals surface area contributed by atoms with Crippen LogP contribution in [0.1, 0.15) is 18.4 Å². The van der Waals surface area contributed by atoms with Gasteiger partial charge in [0.25, 0.3) is 0 Å². The smallest absolute Gasteiger partial charge is 0.323 e. The summed E-state index contributed by atoms with van der Waals surface area (Å²) >= 11 is 0. The van der Waals surface area contributed by atoms with E-state index in [1.807, 2.05) is 0 Å². The Morgan fingerprint density at radius 2 is 1.73 bits per heavy atom. The third-order valence-corrected chi connectivity index (χ3v) is 7.22. The molecule has 1 fully saturated rings. The van der Waals surface area contributed by atoms with Crippen LogP contribution in [0.2, 0.25) is 0 Å². The molecule has 3 aromatic rings. The van der Waals surface area contributed by atoms with E-state index < -0.39 is 15.7 Å². The van der Waals surface area contributed by atoms with E-state index >= 15 is 0 Å². The zero-order valence-corrected chi connectivity index (χ0v) is 16.8. The molecular formula is C20H21FN4O4S. The molecule has 1 aliphatic heterocycles. The van der Waals surface area contributed by atoms with Gasteiger partial charge < -0.3 is 15.3 Å². The Kier molecular flexibility index (Phi) is 5.44. The van der Waals surface area contributed by atoms with Crippen molar-refractivity contribution >= 4 is 27.0 Å². The van der Waals surface area contributed by atoms with E-state index in [0.29, 0.717) is 30.4 Å². The Balaban J connectivity index is 1.37. The molecule has 8 nitrogen and oxygen atoms in total. The third kappa shape index (κ3) is 4.14. The summed E-state index contributed by atoms with van der Waals surface area (Å²) in [5, 5.41) is 2.83. The summed E-state index contributed by atoms with van der Waals surface area (Å²) < 4.78 is 40.2. The average Bonchev–Trinajstić information content (AvgIpc) is 3.12. The lowest BCUT2D eigenvalue weighted by molar-refractivity contribution is -0.126. The Bertz CT molecular complexity index is 1230. The van der Waals surface area contributed by atoms with Crippen LogP contribution in [0, 0.1) is 11.7 Å². The SMILES string of the molecule is O=C(NCc1ccc(F)cc1)C1CCN(S(=O)(=O)c2ccc3[nH]c(=O)[nH]c3c2)CC1. The first-order valence-electron chi connectivity index (χ1n) is 9.57. The van der Waals surface area contributed by atoms with E-state index in [9.17, 15) is 22.4 Å². The Hall–Kier alpha value is -2.98. The fourth-order valence-electron chi connectivity index (χ4n) is 3.62. The predicted molar refractivity (Wildman–Crippen MR) is 109 cm³/mol. The highest BCUT2D eigenvalue weighted by molar-refractivity contribution is 7.89. The van der Waals surface area contributed by atoms with Crippen LogP contribution in [0.25, 0.3) is 11.0 Å². The summed E-state index contributed by atoms with van der Waals surface area (Å²) in [6.45, 7) is 0.768. The number of fused-ring (bicyclic) bond motifs is 1. The number of amides is 1. The minimum Gasteiger partial charge on any atom is -0.352 e. The number of hydrogen-bond acceptors (Lipinski definition) is 4. The fraction of sp³-hybridized carbons (Fsp3) is 0.300. The second kappa shape index (κ2) is 8.04. The summed E-state index contributed by atoms with van der Waals surface area (Å²) in [4.78, 5) is 29.0. The number of H-pyrrole nitrogens is 2. The molecule has 0 saturated carbocycles. The summed E-state index contributed by atoms with van der Waals surface area (Å²) in [5.74, 6) is -0.747. The molecule has 4 rings (SSSR count). The molecule has 10 heteroatoms. The van der Waals surface area contributed by atoms with Crippen LogP contribution in [-0.4, -0.2) is 41.7 Å². The fourth-order valence-corrected chi connectivity index (χ4v) is 5.11. The molecular weight excluding hydrogens is 411 g/mol. The summed E-state index contributed by atoms with van der Waals surface area (Å²) in [6, 6.07) is 10.3. The molecule has 30 heavy (non-hydrogen) atoms. The molecule has 0 aliphatic carbocycles. The number of halogens is 1. The molecule has 2 aromatic carbocycles. The molecule has 0 bridgehead atoms. The van der Waals surface area contributed by atoms with Crippen molar-refractivity contribution in [3.8, 4) is 0 Å². The minimum absolute atomic E-state index is 0.101. The van der Waals surface area contributed by atoms with Gasteiger partial charge in [-0.2, -0.15) is 4.31 Å². The van der Waals surface area contributed by atoms with E-state index in [1.54, 1.807) is 18.2 Å². The van der Waals surface area contributed by atoms with Crippen molar-refractivity contribution in [1.29, 1.82) is 0 Å². The number of sulfonamides is 1. The van der Waals surface area contributed by atoms with Crippen molar-refractivity contribution in [2.45, 2.75) is 24.3 Å². The predicted octanol–water partition coefficient (Wildman–Crippen LogP) is 1.71. The van der Waals surface area contributed by atoms with E-state index in [1.165, 1.54) is 28.6 Å². The summed E-state index contributed by atoms with van der Waals surface area (Å²) in [5.41, 5.74) is 1.36. The zero-order valence-electron chi connectivity index (χ0n) is 16.0. The van der Waals surface area contributed by atoms with Crippen molar-refractivity contribution in [3.05, 3.63) is 64.3 Å². The van der Waals surface area contributed by atoms with Gasteiger partial charge in [0.1, 0.15) is 5.82 Å². The van der Waals surface area contributed by atoms with Gasteiger partial charge in [0, 0.05) is 25.6 Å². The first-order chi connectivity index (χ1) is 14.3. The maximum absolute atomic E-state index is 13.0. The number of carbonyl (C=O) groups excluding carboxylic acids is 1. The van der Waals surface area contributed by atoms with Gasteiger partial charge in [0.15, 0.2) is 0 Å². The van der Waals surface area contributed by atoms with Crippen LogP contribution >= 0.6 is 0 Å². The van der Waals surface area contributed by atoms with Gasteiger partial charge in [0.2, 0.25) is 15.9 Å². The number of imidazole rings is 1. The molecule has 0 radical (unpaired) electrons. The minimum atomic E-state index is -3.72. The Morgan fingerprint density at radius 3 is 2.43 bits per heavy atom. The van der Waals surface area contributed by atoms with Gasteiger partial charge in [-0.15, -0.1) is 0 Å². The van der Waals surface area contributed by atoms with Crippen LogP contribution < -0.4 is 11.0 Å².